The van der Waals surface area contributed by atoms with Crippen LogP contribution in [0.4, 0.5) is 0 Å². The fourth-order valence-corrected chi connectivity index (χ4v) is 1.45. The zero-order valence-electron chi connectivity index (χ0n) is 7.12. The molecule has 0 amide bonds. The van der Waals surface area contributed by atoms with Gasteiger partial charge in [-0.25, -0.2) is 4.79 Å². The molecule has 2 N–H and O–H groups in total. The Balaban J connectivity index is 3.34. The van der Waals surface area contributed by atoms with Crippen LogP contribution in [-0.4, -0.2) is 30.7 Å². The zero-order valence-corrected chi connectivity index (χ0v) is 8.12. The van der Waals surface area contributed by atoms with Crippen LogP contribution >= 0.6 is 0 Å². The first-order valence-electron chi connectivity index (χ1n) is 3.69. The molecular weight excluding hydrogens is 176 g/mol. The van der Waals surface area contributed by atoms with Gasteiger partial charge in [-0.2, -0.15) is 0 Å². The summed E-state index contributed by atoms with van der Waals surface area (Å²) in [5.41, 5.74) is 0. The third-order valence-corrected chi connectivity index (χ3v) is 2.51. The molecule has 0 radical (unpaired) electrons. The summed E-state index contributed by atoms with van der Waals surface area (Å²) in [6, 6.07) is 0.317. The van der Waals surface area contributed by atoms with Gasteiger partial charge in [0.05, 0.1) is 6.61 Å². The van der Waals surface area contributed by atoms with Gasteiger partial charge >= 0.3 is 14.5 Å². The number of esters is 1. The largest absolute Gasteiger partial charge is 0.463 e. The second-order valence-electron chi connectivity index (χ2n) is 2.69. The van der Waals surface area contributed by atoms with E-state index in [2.05, 4.69) is 11.3 Å². The van der Waals surface area contributed by atoms with Gasteiger partial charge in [0, 0.05) is 6.08 Å². The zero-order chi connectivity index (χ0) is 9.61. The molecule has 0 rings (SSSR count). The van der Waals surface area contributed by atoms with Gasteiger partial charge in [-0.15, -0.1) is 0 Å². The Labute approximate surface area is 72.7 Å². The monoisotopic (exact) mass is 190 g/mol. The summed E-state index contributed by atoms with van der Waals surface area (Å²) in [4.78, 5) is 28.4. The second-order valence-corrected chi connectivity index (χ2v) is 5.63. The Morgan fingerprint density at radius 2 is 2.25 bits per heavy atom. The third-order valence-electron chi connectivity index (χ3n) is 1.21. The van der Waals surface area contributed by atoms with Gasteiger partial charge in [-0.1, -0.05) is 6.58 Å². The van der Waals surface area contributed by atoms with Crippen LogP contribution < -0.4 is 0 Å². The van der Waals surface area contributed by atoms with Gasteiger partial charge < -0.3 is 14.3 Å². The molecule has 0 aliphatic heterocycles. The molecule has 0 aliphatic carbocycles. The summed E-state index contributed by atoms with van der Waals surface area (Å²) in [6.07, 6.45) is 1.56. The van der Waals surface area contributed by atoms with Gasteiger partial charge in [0.2, 0.25) is 0 Å². The molecule has 0 aromatic rings. The van der Waals surface area contributed by atoms with Crippen LogP contribution in [0.15, 0.2) is 12.7 Å². The Hall–Kier alpha value is -0.653. The SMILES string of the molecule is C=CC(=O)OCCC[Si](C)(O)O. The van der Waals surface area contributed by atoms with E-state index in [1.54, 1.807) is 0 Å². The van der Waals surface area contributed by atoms with Gasteiger partial charge in [0.25, 0.3) is 0 Å². The van der Waals surface area contributed by atoms with Crippen molar-refractivity contribution in [3.63, 3.8) is 0 Å². The lowest BCUT2D eigenvalue weighted by molar-refractivity contribution is -0.137. The highest BCUT2D eigenvalue weighted by Crippen LogP contribution is 2.04. The number of hydrogen-bond donors (Lipinski definition) is 2. The van der Waals surface area contributed by atoms with E-state index in [0.717, 1.165) is 6.08 Å². The summed E-state index contributed by atoms with van der Waals surface area (Å²) in [5, 5.41) is 0. The van der Waals surface area contributed by atoms with Crippen molar-refractivity contribution in [2.45, 2.75) is 19.0 Å². The Kier molecular flexibility index (Phi) is 4.80. The maximum absolute atomic E-state index is 10.5. The average molecular weight is 190 g/mol. The van der Waals surface area contributed by atoms with Crippen molar-refractivity contribution < 1.29 is 19.1 Å². The molecule has 0 aromatic heterocycles. The summed E-state index contributed by atoms with van der Waals surface area (Å²) < 4.78 is 4.63. The summed E-state index contributed by atoms with van der Waals surface area (Å²) >= 11 is 0. The predicted octanol–water partition coefficient (Wildman–Crippen LogP) is 0.162. The molecule has 0 bridgehead atoms. The minimum absolute atomic E-state index is 0.217. The number of carbonyl (C=O) groups is 1. The third kappa shape index (κ3) is 7.45. The van der Waals surface area contributed by atoms with Crippen molar-refractivity contribution in [2.24, 2.45) is 0 Å². The molecule has 0 aromatic carbocycles. The first-order valence-corrected chi connectivity index (χ1v) is 6.30. The molecule has 0 spiro atoms. The number of carbonyl (C=O) groups excluding carboxylic acids is 1. The minimum atomic E-state index is -2.96. The lowest BCUT2D eigenvalue weighted by Gasteiger charge is -2.10. The lowest BCUT2D eigenvalue weighted by Crippen LogP contribution is -2.29. The van der Waals surface area contributed by atoms with Gasteiger partial charge in [0.15, 0.2) is 0 Å². The quantitative estimate of drug-likeness (QED) is 0.280. The van der Waals surface area contributed by atoms with Crippen LogP contribution in [0.25, 0.3) is 0 Å². The smallest absolute Gasteiger partial charge is 0.330 e. The Bertz CT molecular complexity index is 161. The van der Waals surface area contributed by atoms with Crippen LogP contribution in [0, 0.1) is 0 Å². The Morgan fingerprint density at radius 1 is 1.67 bits per heavy atom. The minimum Gasteiger partial charge on any atom is -0.463 e. The van der Waals surface area contributed by atoms with Gasteiger partial charge in [-0.05, 0) is 19.0 Å². The van der Waals surface area contributed by atoms with Gasteiger partial charge in [0.1, 0.15) is 0 Å². The number of ether oxygens (including phenoxy) is 1. The van der Waals surface area contributed by atoms with E-state index < -0.39 is 14.5 Å². The van der Waals surface area contributed by atoms with Crippen LogP contribution in [0.1, 0.15) is 6.42 Å². The predicted molar refractivity (Wildman–Crippen MR) is 46.6 cm³/mol. The topological polar surface area (TPSA) is 66.8 Å². The van der Waals surface area contributed by atoms with E-state index >= 15 is 0 Å². The van der Waals surface area contributed by atoms with E-state index in [9.17, 15) is 4.79 Å². The maximum Gasteiger partial charge on any atom is 0.330 e. The molecule has 0 heterocycles. The van der Waals surface area contributed by atoms with Crippen molar-refractivity contribution >= 4 is 14.5 Å². The molecule has 0 saturated carbocycles. The molecule has 0 unspecified atom stereocenters. The second kappa shape index (κ2) is 5.07. The fraction of sp³-hybridized carbons (Fsp3) is 0.571. The molecule has 0 aliphatic rings. The number of rotatable bonds is 5. The molecular formula is C7H14O4Si. The molecule has 70 valence electrons. The molecule has 4 nitrogen and oxygen atoms in total. The van der Waals surface area contributed by atoms with Crippen molar-refractivity contribution in [1.82, 2.24) is 0 Å². The first kappa shape index (κ1) is 11.3. The van der Waals surface area contributed by atoms with Crippen molar-refractivity contribution in [3.05, 3.63) is 12.7 Å². The highest BCUT2D eigenvalue weighted by Gasteiger charge is 2.20. The van der Waals surface area contributed by atoms with Gasteiger partial charge in [-0.3, -0.25) is 0 Å². The summed E-state index contributed by atoms with van der Waals surface area (Å²) in [5.74, 6) is -0.478. The van der Waals surface area contributed by atoms with E-state index in [4.69, 9.17) is 9.59 Å². The molecule has 0 saturated heterocycles. The summed E-state index contributed by atoms with van der Waals surface area (Å²) in [6.45, 7) is 4.86. The molecule has 12 heavy (non-hydrogen) atoms. The van der Waals surface area contributed by atoms with Crippen molar-refractivity contribution in [1.29, 1.82) is 0 Å². The number of hydrogen-bond acceptors (Lipinski definition) is 4. The molecule has 5 heteroatoms. The Morgan fingerprint density at radius 3 is 2.67 bits per heavy atom. The molecule has 0 atom stereocenters. The average Bonchev–Trinajstić information content (AvgIpc) is 1.96. The summed E-state index contributed by atoms with van der Waals surface area (Å²) in [7, 11) is -2.96. The van der Waals surface area contributed by atoms with Crippen LogP contribution in [0.5, 0.6) is 0 Å². The van der Waals surface area contributed by atoms with E-state index in [0.29, 0.717) is 12.5 Å². The lowest BCUT2D eigenvalue weighted by atomic mass is 10.5. The van der Waals surface area contributed by atoms with Crippen LogP contribution in [0.2, 0.25) is 12.6 Å². The van der Waals surface area contributed by atoms with E-state index in [1.165, 1.54) is 6.55 Å². The normalized spacial score (nSPS) is 10.9. The maximum atomic E-state index is 10.5. The first-order chi connectivity index (χ1) is 5.45. The highest BCUT2D eigenvalue weighted by atomic mass is 28.4. The van der Waals surface area contributed by atoms with Crippen LogP contribution in [-0.2, 0) is 9.53 Å². The van der Waals surface area contributed by atoms with Crippen LogP contribution in [0.3, 0.4) is 0 Å². The van der Waals surface area contributed by atoms with Crippen molar-refractivity contribution in [2.75, 3.05) is 6.61 Å². The van der Waals surface area contributed by atoms with Crippen molar-refractivity contribution in [3.8, 4) is 0 Å². The molecule has 0 fully saturated rings. The standard InChI is InChI=1S/C7H14O4Si/c1-3-7(8)11-5-4-6-12(2,9)10/h3,9-10H,1,4-6H2,2H3. The van der Waals surface area contributed by atoms with E-state index in [1.807, 2.05) is 0 Å². The fourth-order valence-electron chi connectivity index (χ4n) is 0.639. The van der Waals surface area contributed by atoms with E-state index in [-0.39, 0.29) is 6.61 Å². The highest BCUT2D eigenvalue weighted by molar-refractivity contribution is 6.63.